The molecule has 1 N–H and O–H groups in total. The first-order valence-electron chi connectivity index (χ1n) is 7.67. The van der Waals surface area contributed by atoms with E-state index in [1.165, 1.54) is 5.32 Å². The molecule has 0 atom stereocenters. The van der Waals surface area contributed by atoms with E-state index in [9.17, 15) is 70.7 Å². The highest BCUT2D eigenvalue weighted by Crippen LogP contribution is 2.51. The molecule has 1 aromatic carbocycles. The number of carbonyl (C=O) groups excluding carboxylic acids is 1. The Kier molecular flexibility index (Phi) is 7.42. The summed E-state index contributed by atoms with van der Waals surface area (Å²) < 4.78 is 200. The van der Waals surface area contributed by atoms with Gasteiger partial charge in [0.2, 0.25) is 11.7 Å². The second-order valence-electron chi connectivity index (χ2n) is 5.83. The van der Waals surface area contributed by atoms with Gasteiger partial charge in [0.1, 0.15) is 0 Å². The molecule has 196 valence electrons. The summed E-state index contributed by atoms with van der Waals surface area (Å²) in [5, 5.41) is 1.44. The molecule has 0 aliphatic heterocycles. The summed E-state index contributed by atoms with van der Waals surface area (Å²) >= 11 is 0. The van der Waals surface area contributed by atoms with Crippen LogP contribution in [0.3, 0.4) is 0 Å². The van der Waals surface area contributed by atoms with Crippen molar-refractivity contribution in [3.8, 4) is 17.2 Å². The summed E-state index contributed by atoms with van der Waals surface area (Å²) in [6.45, 7) is 0.567. The predicted molar refractivity (Wildman–Crippen MR) is 75.6 cm³/mol. The number of amides is 1. The molecule has 34 heavy (non-hydrogen) atoms. The van der Waals surface area contributed by atoms with Gasteiger partial charge in [-0.25, -0.2) is 0 Å². The normalized spacial score (nSPS) is 14.0. The van der Waals surface area contributed by atoms with Crippen LogP contribution in [0.5, 0.6) is 17.2 Å². The number of alkyl halides is 15. The summed E-state index contributed by atoms with van der Waals surface area (Å²) in [6.07, 6.45) is -39.8. The van der Waals surface area contributed by atoms with Gasteiger partial charge in [0.05, 0.1) is 0 Å². The van der Waals surface area contributed by atoms with Crippen LogP contribution in [0.4, 0.5) is 71.5 Å². The first kappa shape index (κ1) is 29.1. The number of hydrogen-bond donors (Lipinski definition) is 1. The van der Waals surface area contributed by atoms with Crippen molar-refractivity contribution in [3.05, 3.63) is 12.1 Å². The zero-order valence-electron chi connectivity index (χ0n) is 15.5. The van der Waals surface area contributed by atoms with Crippen LogP contribution in [0.15, 0.2) is 12.1 Å². The monoisotopic (exact) mass is 537 g/mol. The van der Waals surface area contributed by atoms with Gasteiger partial charge in [0.15, 0.2) is 11.5 Å². The molecule has 0 fully saturated rings. The highest BCUT2D eigenvalue weighted by Gasteiger charge is 2.65. The molecule has 0 aliphatic carbocycles. The van der Waals surface area contributed by atoms with Gasteiger partial charge in [0, 0.05) is 24.7 Å². The number of anilines is 1. The molecule has 0 aliphatic rings. The largest absolute Gasteiger partial charge is 0.499 e. The lowest BCUT2D eigenvalue weighted by Gasteiger charge is -2.28. The number of halogens is 15. The standard InChI is InChI=1S/C14H6F15NO4/c1-4(31)30-5-2-6(32-12(24,25)9(15,16)17)8(34-14(28,29)11(21,22)23)7(3-5)33-13(26,27)10(18,19)20/h2-3H,1H3,(H,30,31). The number of ether oxygens (including phenoxy) is 3. The summed E-state index contributed by atoms with van der Waals surface area (Å²) in [4.78, 5) is 11.0. The van der Waals surface area contributed by atoms with Crippen LogP contribution in [0.1, 0.15) is 6.92 Å². The SMILES string of the molecule is CC(=O)Nc1cc(OC(F)(F)C(F)(F)F)c(OC(F)(F)C(F)(F)F)c(OC(F)(F)C(F)(F)F)c1. The Labute approximate surface area is 176 Å². The minimum absolute atomic E-state index is 0.374. The Hall–Kier alpha value is -2.96. The van der Waals surface area contributed by atoms with Crippen molar-refractivity contribution >= 4 is 11.6 Å². The first-order valence-corrected chi connectivity index (χ1v) is 7.67. The minimum atomic E-state index is -6.81. The number of carbonyl (C=O) groups is 1. The predicted octanol–water partition coefficient (Wildman–Crippen LogP) is 6.25. The summed E-state index contributed by atoms with van der Waals surface area (Å²) in [7, 11) is 0. The lowest BCUT2D eigenvalue weighted by atomic mass is 10.2. The number of nitrogens with one attached hydrogen (secondary N) is 1. The van der Waals surface area contributed by atoms with Crippen molar-refractivity contribution in [2.75, 3.05) is 5.32 Å². The van der Waals surface area contributed by atoms with E-state index in [-0.39, 0.29) is 12.1 Å². The Morgan fingerprint density at radius 1 is 0.618 bits per heavy atom. The molecule has 0 spiro atoms. The summed E-state index contributed by atoms with van der Waals surface area (Å²) in [6, 6.07) is -0.747. The first-order chi connectivity index (χ1) is 14.8. The molecule has 0 saturated heterocycles. The summed E-state index contributed by atoms with van der Waals surface area (Å²) in [5.74, 6) is -9.41. The van der Waals surface area contributed by atoms with Crippen LogP contribution in [0.2, 0.25) is 0 Å². The molecule has 0 aromatic heterocycles. The Balaban J connectivity index is 3.91. The average Bonchev–Trinajstić information content (AvgIpc) is 2.53. The van der Waals surface area contributed by atoms with Gasteiger partial charge < -0.3 is 19.5 Å². The highest BCUT2D eigenvalue weighted by atomic mass is 19.4. The van der Waals surface area contributed by atoms with Gasteiger partial charge in [-0.15, -0.1) is 0 Å². The van der Waals surface area contributed by atoms with Crippen molar-refractivity contribution in [2.24, 2.45) is 0 Å². The molecular weight excluding hydrogens is 531 g/mol. The molecule has 5 nitrogen and oxygen atoms in total. The second kappa shape index (κ2) is 8.67. The molecule has 1 rings (SSSR count). The quantitative estimate of drug-likeness (QED) is 0.419. The van der Waals surface area contributed by atoms with Gasteiger partial charge >= 0.3 is 36.9 Å². The van der Waals surface area contributed by atoms with E-state index in [0.717, 1.165) is 0 Å². The van der Waals surface area contributed by atoms with E-state index in [1.807, 2.05) is 0 Å². The Morgan fingerprint density at radius 3 is 1.18 bits per heavy atom. The van der Waals surface area contributed by atoms with Crippen LogP contribution >= 0.6 is 0 Å². The van der Waals surface area contributed by atoms with E-state index in [0.29, 0.717) is 6.92 Å². The molecule has 0 heterocycles. The Bertz CT molecular complexity index is 855. The second-order valence-corrected chi connectivity index (χ2v) is 5.83. The highest BCUT2D eigenvalue weighted by molar-refractivity contribution is 5.89. The average molecular weight is 537 g/mol. The van der Waals surface area contributed by atoms with Crippen LogP contribution in [-0.2, 0) is 4.79 Å². The molecule has 1 aromatic rings. The maximum Gasteiger partial charge on any atom is 0.499 e. The maximum atomic E-state index is 13.3. The zero-order chi connectivity index (χ0) is 27.1. The zero-order valence-corrected chi connectivity index (χ0v) is 15.5. The van der Waals surface area contributed by atoms with Gasteiger partial charge in [-0.2, -0.15) is 65.9 Å². The summed E-state index contributed by atoms with van der Waals surface area (Å²) in [5.41, 5.74) is -1.32. The van der Waals surface area contributed by atoms with Crippen molar-refractivity contribution in [2.45, 2.75) is 43.8 Å². The van der Waals surface area contributed by atoms with Crippen LogP contribution in [-0.4, -0.2) is 42.8 Å². The number of benzene rings is 1. The molecule has 0 bridgehead atoms. The lowest BCUT2D eigenvalue weighted by Crippen LogP contribution is -2.44. The minimum Gasteiger partial charge on any atom is -0.422 e. The van der Waals surface area contributed by atoms with Crippen LogP contribution < -0.4 is 19.5 Å². The van der Waals surface area contributed by atoms with Gasteiger partial charge in [-0.05, 0) is 0 Å². The van der Waals surface area contributed by atoms with Gasteiger partial charge in [-0.1, -0.05) is 0 Å². The third-order valence-corrected chi connectivity index (χ3v) is 3.04. The van der Waals surface area contributed by atoms with Gasteiger partial charge in [-0.3, -0.25) is 4.79 Å². The third kappa shape index (κ3) is 6.55. The van der Waals surface area contributed by atoms with E-state index in [2.05, 4.69) is 14.2 Å². The molecule has 0 saturated carbocycles. The smallest absolute Gasteiger partial charge is 0.422 e. The van der Waals surface area contributed by atoms with Crippen molar-refractivity contribution in [1.29, 1.82) is 0 Å². The van der Waals surface area contributed by atoms with Gasteiger partial charge in [0.25, 0.3) is 0 Å². The Morgan fingerprint density at radius 2 is 0.912 bits per heavy atom. The fourth-order valence-corrected chi connectivity index (χ4v) is 1.68. The fraction of sp³-hybridized carbons (Fsp3) is 0.500. The van der Waals surface area contributed by atoms with Crippen molar-refractivity contribution in [1.82, 2.24) is 0 Å². The lowest BCUT2D eigenvalue weighted by molar-refractivity contribution is -0.371. The van der Waals surface area contributed by atoms with Crippen molar-refractivity contribution < 1.29 is 84.9 Å². The fourth-order valence-electron chi connectivity index (χ4n) is 1.68. The van der Waals surface area contributed by atoms with E-state index in [1.54, 1.807) is 0 Å². The number of rotatable bonds is 7. The molecule has 0 unspecified atom stereocenters. The molecular formula is C14H6F15NO4. The topological polar surface area (TPSA) is 56.8 Å². The van der Waals surface area contributed by atoms with Crippen molar-refractivity contribution in [3.63, 3.8) is 0 Å². The van der Waals surface area contributed by atoms with Crippen LogP contribution in [0.25, 0.3) is 0 Å². The van der Waals surface area contributed by atoms with E-state index in [4.69, 9.17) is 0 Å². The van der Waals surface area contributed by atoms with E-state index >= 15 is 0 Å². The van der Waals surface area contributed by atoms with E-state index < -0.39 is 65.7 Å². The van der Waals surface area contributed by atoms with Crippen LogP contribution in [0, 0.1) is 0 Å². The molecule has 0 radical (unpaired) electrons. The third-order valence-electron chi connectivity index (χ3n) is 3.04. The number of hydrogen-bond acceptors (Lipinski definition) is 4. The molecule has 20 heteroatoms. The molecule has 1 amide bonds. The maximum absolute atomic E-state index is 13.3.